The van der Waals surface area contributed by atoms with E-state index in [4.69, 9.17) is 9.47 Å². The first-order valence-corrected chi connectivity index (χ1v) is 9.03. The molecule has 0 amide bonds. The first kappa shape index (κ1) is 14.5. The predicted molar refractivity (Wildman–Crippen MR) is 86.7 cm³/mol. The molecule has 1 aromatic carbocycles. The SMILES string of the molecule is CCSC1CCC(NCc2cc3c(cc2Br)OCO3)C1. The molecule has 1 saturated carbocycles. The molecule has 2 atom stereocenters. The first-order valence-electron chi connectivity index (χ1n) is 7.19. The van der Waals surface area contributed by atoms with Gasteiger partial charge in [0.15, 0.2) is 11.5 Å². The molecule has 0 aromatic heterocycles. The number of halogens is 1. The zero-order valence-corrected chi connectivity index (χ0v) is 14.1. The van der Waals surface area contributed by atoms with Gasteiger partial charge in [0.1, 0.15) is 0 Å². The zero-order valence-electron chi connectivity index (χ0n) is 11.7. The molecule has 1 aliphatic heterocycles. The maximum absolute atomic E-state index is 5.44. The molecule has 5 heteroatoms. The van der Waals surface area contributed by atoms with Gasteiger partial charge in [-0.15, -0.1) is 0 Å². The van der Waals surface area contributed by atoms with Crippen LogP contribution in [0, 0.1) is 0 Å². The fourth-order valence-corrected chi connectivity index (χ4v) is 4.47. The Morgan fingerprint density at radius 2 is 2.10 bits per heavy atom. The van der Waals surface area contributed by atoms with E-state index in [9.17, 15) is 0 Å². The van der Waals surface area contributed by atoms with Gasteiger partial charge in [0, 0.05) is 22.3 Å². The largest absolute Gasteiger partial charge is 0.454 e. The first-order chi connectivity index (χ1) is 9.76. The van der Waals surface area contributed by atoms with Crippen LogP contribution in [0.2, 0.25) is 0 Å². The minimum atomic E-state index is 0.331. The highest BCUT2D eigenvalue weighted by molar-refractivity contribution is 9.10. The summed E-state index contributed by atoms with van der Waals surface area (Å²) in [6.07, 6.45) is 3.93. The van der Waals surface area contributed by atoms with E-state index in [0.29, 0.717) is 12.8 Å². The second-order valence-electron chi connectivity index (χ2n) is 5.27. The molecular weight excluding hydrogens is 338 g/mol. The smallest absolute Gasteiger partial charge is 0.231 e. The Balaban J connectivity index is 1.56. The summed E-state index contributed by atoms with van der Waals surface area (Å²) in [6, 6.07) is 4.73. The van der Waals surface area contributed by atoms with Gasteiger partial charge in [-0.25, -0.2) is 0 Å². The molecule has 1 heterocycles. The molecule has 0 saturated heterocycles. The lowest BCUT2D eigenvalue weighted by Gasteiger charge is -2.14. The Labute approximate surface area is 132 Å². The van der Waals surface area contributed by atoms with Gasteiger partial charge in [-0.2, -0.15) is 11.8 Å². The van der Waals surface area contributed by atoms with Crippen molar-refractivity contribution in [3.63, 3.8) is 0 Å². The van der Waals surface area contributed by atoms with Crippen molar-refractivity contribution in [2.75, 3.05) is 12.5 Å². The Bertz CT molecular complexity index is 483. The molecular formula is C15H20BrNO2S. The van der Waals surface area contributed by atoms with Crippen molar-refractivity contribution < 1.29 is 9.47 Å². The van der Waals surface area contributed by atoms with Gasteiger partial charge in [-0.05, 0) is 42.7 Å². The number of nitrogens with one attached hydrogen (secondary N) is 1. The quantitative estimate of drug-likeness (QED) is 0.864. The van der Waals surface area contributed by atoms with E-state index in [1.165, 1.54) is 30.6 Å². The van der Waals surface area contributed by atoms with Crippen LogP contribution in [0.25, 0.3) is 0 Å². The minimum Gasteiger partial charge on any atom is -0.454 e. The minimum absolute atomic E-state index is 0.331. The number of fused-ring (bicyclic) bond motifs is 1. The summed E-state index contributed by atoms with van der Waals surface area (Å²) >= 11 is 5.71. The van der Waals surface area contributed by atoms with Crippen LogP contribution >= 0.6 is 27.7 Å². The third-order valence-corrected chi connectivity index (χ3v) is 5.88. The molecule has 3 rings (SSSR count). The van der Waals surface area contributed by atoms with Crippen LogP contribution in [0.3, 0.4) is 0 Å². The highest BCUT2D eigenvalue weighted by Gasteiger charge is 2.24. The van der Waals surface area contributed by atoms with Gasteiger partial charge < -0.3 is 14.8 Å². The molecule has 1 aliphatic carbocycles. The second kappa shape index (κ2) is 6.58. The van der Waals surface area contributed by atoms with Crippen LogP contribution in [0.1, 0.15) is 31.7 Å². The van der Waals surface area contributed by atoms with Crippen LogP contribution in [-0.4, -0.2) is 23.8 Å². The molecule has 0 radical (unpaired) electrons. The molecule has 20 heavy (non-hydrogen) atoms. The zero-order chi connectivity index (χ0) is 13.9. The molecule has 2 aliphatic rings. The number of hydrogen-bond donors (Lipinski definition) is 1. The summed E-state index contributed by atoms with van der Waals surface area (Å²) in [6.45, 7) is 3.46. The fraction of sp³-hybridized carbons (Fsp3) is 0.600. The van der Waals surface area contributed by atoms with Crippen molar-refractivity contribution in [2.24, 2.45) is 0 Å². The van der Waals surface area contributed by atoms with Gasteiger partial charge in [0.05, 0.1) is 0 Å². The van der Waals surface area contributed by atoms with Crippen molar-refractivity contribution >= 4 is 27.7 Å². The predicted octanol–water partition coefficient (Wildman–Crippen LogP) is 3.94. The second-order valence-corrected chi connectivity index (χ2v) is 7.70. The van der Waals surface area contributed by atoms with Gasteiger partial charge in [-0.3, -0.25) is 0 Å². The normalized spacial score (nSPS) is 24.3. The summed E-state index contributed by atoms with van der Waals surface area (Å²) in [5.41, 5.74) is 1.24. The van der Waals surface area contributed by atoms with E-state index in [2.05, 4.69) is 46.0 Å². The number of rotatable bonds is 5. The van der Waals surface area contributed by atoms with Crippen LogP contribution in [0.5, 0.6) is 11.5 Å². The molecule has 1 aromatic rings. The summed E-state index contributed by atoms with van der Waals surface area (Å²) in [5, 5.41) is 4.52. The van der Waals surface area contributed by atoms with E-state index < -0.39 is 0 Å². The van der Waals surface area contributed by atoms with E-state index in [1.807, 2.05) is 6.07 Å². The number of hydrogen-bond acceptors (Lipinski definition) is 4. The van der Waals surface area contributed by atoms with Crippen molar-refractivity contribution in [2.45, 2.75) is 44.0 Å². The Morgan fingerprint density at radius 1 is 1.30 bits per heavy atom. The average molecular weight is 358 g/mol. The Morgan fingerprint density at radius 3 is 2.90 bits per heavy atom. The highest BCUT2D eigenvalue weighted by Crippen LogP contribution is 2.37. The lowest BCUT2D eigenvalue weighted by atomic mass is 10.1. The van der Waals surface area contributed by atoms with E-state index in [-0.39, 0.29) is 0 Å². The van der Waals surface area contributed by atoms with E-state index in [1.54, 1.807) is 0 Å². The van der Waals surface area contributed by atoms with Crippen molar-refractivity contribution in [3.05, 3.63) is 22.2 Å². The Kier molecular flexibility index (Phi) is 4.79. The molecule has 1 fully saturated rings. The molecule has 2 unspecified atom stereocenters. The standard InChI is InChI=1S/C15H20BrNO2S/c1-2-20-12-4-3-11(6-12)17-8-10-5-14-15(7-13(10)16)19-9-18-14/h5,7,11-12,17H,2-4,6,8-9H2,1H3. The molecule has 3 nitrogen and oxygen atoms in total. The van der Waals surface area contributed by atoms with Crippen molar-refractivity contribution in [1.29, 1.82) is 0 Å². The lowest BCUT2D eigenvalue weighted by molar-refractivity contribution is 0.174. The topological polar surface area (TPSA) is 30.5 Å². The average Bonchev–Trinajstić information content (AvgIpc) is 3.05. The maximum atomic E-state index is 5.44. The van der Waals surface area contributed by atoms with Gasteiger partial charge in [-0.1, -0.05) is 22.9 Å². The highest BCUT2D eigenvalue weighted by atomic mass is 79.9. The molecule has 0 spiro atoms. The van der Waals surface area contributed by atoms with Crippen LogP contribution in [0.4, 0.5) is 0 Å². The monoisotopic (exact) mass is 357 g/mol. The maximum Gasteiger partial charge on any atom is 0.231 e. The fourth-order valence-electron chi connectivity index (χ4n) is 2.86. The van der Waals surface area contributed by atoms with Crippen molar-refractivity contribution in [1.82, 2.24) is 5.32 Å². The van der Waals surface area contributed by atoms with E-state index >= 15 is 0 Å². The van der Waals surface area contributed by atoms with Crippen LogP contribution in [-0.2, 0) is 6.54 Å². The number of benzene rings is 1. The van der Waals surface area contributed by atoms with Gasteiger partial charge in [0.2, 0.25) is 6.79 Å². The number of thioether (sulfide) groups is 1. The Hall–Kier alpha value is -0.390. The summed E-state index contributed by atoms with van der Waals surface area (Å²) in [7, 11) is 0. The molecule has 1 N–H and O–H groups in total. The molecule has 110 valence electrons. The summed E-state index contributed by atoms with van der Waals surface area (Å²) in [5.74, 6) is 2.92. The van der Waals surface area contributed by atoms with Crippen LogP contribution in [0.15, 0.2) is 16.6 Å². The van der Waals surface area contributed by atoms with Gasteiger partial charge >= 0.3 is 0 Å². The number of ether oxygens (including phenoxy) is 2. The van der Waals surface area contributed by atoms with Gasteiger partial charge in [0.25, 0.3) is 0 Å². The third kappa shape index (κ3) is 3.26. The van der Waals surface area contributed by atoms with Crippen molar-refractivity contribution in [3.8, 4) is 11.5 Å². The van der Waals surface area contributed by atoms with Crippen LogP contribution < -0.4 is 14.8 Å². The summed E-state index contributed by atoms with van der Waals surface area (Å²) in [4.78, 5) is 0. The third-order valence-electron chi connectivity index (χ3n) is 3.91. The summed E-state index contributed by atoms with van der Waals surface area (Å²) < 4.78 is 11.9. The van der Waals surface area contributed by atoms with E-state index in [0.717, 1.165) is 27.8 Å². The molecule has 0 bridgehead atoms. The lowest BCUT2D eigenvalue weighted by Crippen LogP contribution is -2.26.